The van der Waals surface area contributed by atoms with Gasteiger partial charge in [0.25, 0.3) is 5.91 Å². The number of nitrogens with zero attached hydrogens (tertiary/aromatic N) is 4. The molecule has 0 fully saturated rings. The van der Waals surface area contributed by atoms with Gasteiger partial charge >= 0.3 is 12.1 Å². The number of hydrogen-bond acceptors (Lipinski definition) is 5. The highest BCUT2D eigenvalue weighted by atomic mass is 19.4. The van der Waals surface area contributed by atoms with Crippen LogP contribution >= 0.6 is 0 Å². The van der Waals surface area contributed by atoms with Crippen LogP contribution in [0, 0.1) is 0 Å². The number of nitrogens with one attached hydrogen (secondary N) is 1. The van der Waals surface area contributed by atoms with Crippen molar-refractivity contribution in [3.63, 3.8) is 0 Å². The molecule has 1 amide bonds. The number of alkyl halides is 3. The lowest BCUT2D eigenvalue weighted by Crippen LogP contribution is -2.21. The number of aryl methyl sites for hydroxylation is 1. The molecule has 22 heavy (non-hydrogen) atoms. The highest BCUT2D eigenvalue weighted by Gasteiger charge is 2.38. The number of aromatic nitrogens is 4. The summed E-state index contributed by atoms with van der Waals surface area (Å²) in [6.07, 6.45) is -2.02. The lowest BCUT2D eigenvalue weighted by Gasteiger charge is -1.98. The molecule has 2 aromatic rings. The van der Waals surface area contributed by atoms with Gasteiger partial charge in [-0.3, -0.25) is 19.8 Å². The van der Waals surface area contributed by atoms with Crippen molar-refractivity contribution in [3.05, 3.63) is 36.4 Å². The van der Waals surface area contributed by atoms with Crippen molar-refractivity contribution in [3.8, 4) is 0 Å². The van der Waals surface area contributed by atoms with Crippen LogP contribution < -0.4 is 5.32 Å². The van der Waals surface area contributed by atoms with Crippen molar-refractivity contribution in [2.45, 2.75) is 6.18 Å². The van der Waals surface area contributed by atoms with Crippen LogP contribution in [0.1, 0.15) is 10.5 Å². The minimum Gasteiger partial charge on any atom is -0.475 e. The van der Waals surface area contributed by atoms with E-state index in [1.165, 1.54) is 11.0 Å². The molecule has 8 nitrogen and oxygen atoms in total. The number of carbonyl (C=O) groups is 2. The molecule has 0 unspecified atom stereocenters. The molecule has 2 aromatic heterocycles. The molecule has 0 aliphatic carbocycles. The van der Waals surface area contributed by atoms with Crippen LogP contribution in [0.4, 0.5) is 19.1 Å². The standard InChI is InChI=1S/C9H9N5O.C2HF3O2/c1-14-6-11-9(13-14)12-8(15)7-4-2-3-5-10-7;3-2(4,5)1(6)7/h2-6H,1H3,(H,12,13,15);(H,6,7). The molecule has 2 N–H and O–H groups in total. The Morgan fingerprint density at radius 2 is 1.91 bits per heavy atom. The summed E-state index contributed by atoms with van der Waals surface area (Å²) in [4.78, 5) is 28.2. The first-order valence-electron chi connectivity index (χ1n) is 5.58. The number of pyridine rings is 1. The summed E-state index contributed by atoms with van der Waals surface area (Å²) < 4.78 is 33.2. The van der Waals surface area contributed by atoms with Gasteiger partial charge in [-0.25, -0.2) is 9.78 Å². The topological polar surface area (TPSA) is 110 Å². The molecule has 11 heteroatoms. The van der Waals surface area contributed by atoms with Crippen molar-refractivity contribution in [1.82, 2.24) is 19.7 Å². The van der Waals surface area contributed by atoms with E-state index in [0.29, 0.717) is 5.69 Å². The third-order valence-corrected chi connectivity index (χ3v) is 1.96. The van der Waals surface area contributed by atoms with Crippen molar-refractivity contribution < 1.29 is 27.9 Å². The Bertz CT molecular complexity index is 642. The molecular weight excluding hydrogens is 307 g/mol. The molecule has 0 bridgehead atoms. The van der Waals surface area contributed by atoms with Gasteiger partial charge in [-0.2, -0.15) is 13.2 Å². The fraction of sp³-hybridized carbons (Fsp3) is 0.182. The lowest BCUT2D eigenvalue weighted by atomic mass is 10.3. The van der Waals surface area contributed by atoms with E-state index in [-0.39, 0.29) is 11.9 Å². The number of aliphatic carboxylic acids is 1. The first kappa shape index (κ1) is 17.1. The molecule has 118 valence electrons. The first-order valence-corrected chi connectivity index (χ1v) is 5.58. The molecule has 0 atom stereocenters. The molecule has 0 aliphatic heterocycles. The van der Waals surface area contributed by atoms with E-state index in [4.69, 9.17) is 9.90 Å². The summed E-state index contributed by atoms with van der Waals surface area (Å²) >= 11 is 0. The fourth-order valence-electron chi connectivity index (χ4n) is 1.06. The largest absolute Gasteiger partial charge is 0.490 e. The number of hydrogen-bond donors (Lipinski definition) is 2. The van der Waals surface area contributed by atoms with Crippen LogP contribution in [-0.4, -0.2) is 42.9 Å². The SMILES string of the molecule is Cn1cnc(NC(=O)c2ccccn2)n1.O=C(O)C(F)(F)F. The lowest BCUT2D eigenvalue weighted by molar-refractivity contribution is -0.192. The quantitative estimate of drug-likeness (QED) is 0.858. The highest BCUT2D eigenvalue weighted by molar-refractivity contribution is 6.01. The Labute approximate surface area is 121 Å². The monoisotopic (exact) mass is 317 g/mol. The normalized spacial score (nSPS) is 10.4. The van der Waals surface area contributed by atoms with Gasteiger partial charge in [0.15, 0.2) is 0 Å². The molecule has 0 aliphatic rings. The van der Waals surface area contributed by atoms with E-state index in [2.05, 4.69) is 20.4 Å². The van der Waals surface area contributed by atoms with Crippen LogP contribution in [0.2, 0.25) is 0 Å². The minimum atomic E-state index is -5.08. The molecule has 0 aromatic carbocycles. The van der Waals surface area contributed by atoms with Gasteiger partial charge in [0.1, 0.15) is 12.0 Å². The molecular formula is C11H10F3N5O3. The smallest absolute Gasteiger partial charge is 0.475 e. The number of carboxylic acid groups (broad SMARTS) is 1. The summed E-state index contributed by atoms with van der Waals surface area (Å²) in [5.74, 6) is -2.80. The third kappa shape index (κ3) is 5.56. The summed E-state index contributed by atoms with van der Waals surface area (Å²) in [6.45, 7) is 0. The third-order valence-electron chi connectivity index (χ3n) is 1.96. The van der Waals surface area contributed by atoms with Crippen molar-refractivity contribution in [1.29, 1.82) is 0 Å². The Hall–Kier alpha value is -2.98. The van der Waals surface area contributed by atoms with Gasteiger partial charge < -0.3 is 5.11 Å². The number of anilines is 1. The highest BCUT2D eigenvalue weighted by Crippen LogP contribution is 2.13. The molecule has 0 saturated carbocycles. The maximum Gasteiger partial charge on any atom is 0.490 e. The Kier molecular flexibility index (Phi) is 5.55. The van der Waals surface area contributed by atoms with Crippen LogP contribution in [0.25, 0.3) is 0 Å². The van der Waals surface area contributed by atoms with Gasteiger partial charge in [0, 0.05) is 13.2 Å². The van der Waals surface area contributed by atoms with Crippen LogP contribution in [-0.2, 0) is 11.8 Å². The second-order valence-corrected chi connectivity index (χ2v) is 3.71. The van der Waals surface area contributed by atoms with Gasteiger partial charge in [0.05, 0.1) is 0 Å². The fourth-order valence-corrected chi connectivity index (χ4v) is 1.06. The molecule has 0 saturated heterocycles. The van der Waals surface area contributed by atoms with Gasteiger partial charge in [-0.05, 0) is 12.1 Å². The maximum absolute atomic E-state index is 11.6. The first-order chi connectivity index (χ1) is 10.2. The number of halogens is 3. The summed E-state index contributed by atoms with van der Waals surface area (Å²) in [5.41, 5.74) is 0.338. The minimum absolute atomic E-state index is 0.271. The molecule has 2 rings (SSSR count). The second-order valence-electron chi connectivity index (χ2n) is 3.71. The molecule has 0 spiro atoms. The Morgan fingerprint density at radius 3 is 2.32 bits per heavy atom. The summed E-state index contributed by atoms with van der Waals surface area (Å²) in [7, 11) is 1.73. The van der Waals surface area contributed by atoms with E-state index in [1.807, 2.05) is 0 Å². The zero-order chi connectivity index (χ0) is 16.8. The van der Waals surface area contributed by atoms with Gasteiger partial charge in [0.2, 0.25) is 5.95 Å². The number of rotatable bonds is 2. The van der Waals surface area contributed by atoms with E-state index in [9.17, 15) is 18.0 Å². The zero-order valence-electron chi connectivity index (χ0n) is 11.1. The van der Waals surface area contributed by atoms with Crippen LogP contribution in [0.3, 0.4) is 0 Å². The molecule has 0 radical (unpaired) electrons. The van der Waals surface area contributed by atoms with E-state index < -0.39 is 12.1 Å². The predicted molar refractivity (Wildman–Crippen MR) is 66.9 cm³/mol. The summed E-state index contributed by atoms with van der Waals surface area (Å²) in [6, 6.07) is 5.11. The predicted octanol–water partition coefficient (Wildman–Crippen LogP) is 1.10. The van der Waals surface area contributed by atoms with Crippen molar-refractivity contribution in [2.24, 2.45) is 7.05 Å². The maximum atomic E-state index is 11.6. The number of amides is 1. The molecule has 2 heterocycles. The zero-order valence-corrected chi connectivity index (χ0v) is 11.1. The van der Waals surface area contributed by atoms with E-state index in [0.717, 1.165) is 0 Å². The van der Waals surface area contributed by atoms with Crippen molar-refractivity contribution in [2.75, 3.05) is 5.32 Å². The van der Waals surface area contributed by atoms with Crippen LogP contribution in [0.15, 0.2) is 30.7 Å². The second kappa shape index (κ2) is 7.15. The number of carboxylic acids is 1. The summed E-state index contributed by atoms with van der Waals surface area (Å²) in [5, 5.41) is 13.6. The number of carbonyl (C=O) groups excluding carboxylic acids is 1. The van der Waals surface area contributed by atoms with E-state index >= 15 is 0 Å². The average molecular weight is 317 g/mol. The average Bonchev–Trinajstić information content (AvgIpc) is 2.84. The van der Waals surface area contributed by atoms with Gasteiger partial charge in [-0.1, -0.05) is 6.07 Å². The van der Waals surface area contributed by atoms with E-state index in [1.54, 1.807) is 31.4 Å². The van der Waals surface area contributed by atoms with Crippen molar-refractivity contribution >= 4 is 17.8 Å². The Morgan fingerprint density at radius 1 is 1.27 bits per heavy atom. The van der Waals surface area contributed by atoms with Crippen LogP contribution in [0.5, 0.6) is 0 Å². The Balaban J connectivity index is 0.000000295. The van der Waals surface area contributed by atoms with Gasteiger partial charge in [-0.15, -0.1) is 5.10 Å².